The maximum absolute atomic E-state index is 12.8. The molecule has 0 aliphatic rings. The van der Waals surface area contributed by atoms with E-state index in [-0.39, 0.29) is 5.56 Å². The van der Waals surface area contributed by atoms with E-state index < -0.39 is 18.5 Å². The van der Waals surface area contributed by atoms with Gasteiger partial charge in [-0.2, -0.15) is 0 Å². The van der Waals surface area contributed by atoms with Crippen molar-refractivity contribution in [3.05, 3.63) is 112 Å². The molecule has 0 aliphatic carbocycles. The van der Waals surface area contributed by atoms with Gasteiger partial charge in [-0.05, 0) is 56.7 Å². The number of rotatable bonds is 6. The Labute approximate surface area is 231 Å². The number of amides is 1. The van der Waals surface area contributed by atoms with Gasteiger partial charge in [-0.25, -0.2) is 14.8 Å². The van der Waals surface area contributed by atoms with Crippen LogP contribution in [0.5, 0.6) is 0 Å². The molecule has 7 heteroatoms. The molecule has 0 saturated carbocycles. The average molecular weight is 536 g/mol. The van der Waals surface area contributed by atoms with Gasteiger partial charge in [0.1, 0.15) is 0 Å². The number of hydrogen-bond donors (Lipinski definition) is 1. The lowest BCUT2D eigenvalue weighted by molar-refractivity contribution is -0.119. The van der Waals surface area contributed by atoms with Crippen LogP contribution in [0.3, 0.4) is 0 Å². The number of fused-ring (bicyclic) bond motifs is 1. The number of carbonyl (C=O) groups excluding carboxylic acids is 2. The predicted octanol–water partition coefficient (Wildman–Crippen LogP) is 7.34. The zero-order valence-electron chi connectivity index (χ0n) is 21.8. The van der Waals surface area contributed by atoms with Crippen molar-refractivity contribution in [3.63, 3.8) is 0 Å². The van der Waals surface area contributed by atoms with Gasteiger partial charge in [0.15, 0.2) is 6.61 Å². The lowest BCUT2D eigenvalue weighted by atomic mass is 10.0. The highest BCUT2D eigenvalue weighted by molar-refractivity contribution is 6.31. The molecule has 0 unspecified atom stereocenters. The fourth-order valence-electron chi connectivity index (χ4n) is 4.09. The highest BCUT2D eigenvalue weighted by Crippen LogP contribution is 2.31. The summed E-state index contributed by atoms with van der Waals surface area (Å²) in [4.78, 5) is 34.9. The first-order chi connectivity index (χ1) is 18.8. The molecule has 0 fully saturated rings. The number of hydrogen-bond acceptors (Lipinski definition) is 5. The SMILES string of the molecule is Cc1ccc(-c2nc3ccc(C(=O)OCC(=O)Nc4ccc(C)c(Cl)c4)cc3nc2-c2ccc(C)cc2)cc1. The first-order valence-corrected chi connectivity index (χ1v) is 12.8. The van der Waals surface area contributed by atoms with Gasteiger partial charge in [-0.3, -0.25) is 4.79 Å². The Morgan fingerprint density at radius 2 is 1.33 bits per heavy atom. The Morgan fingerprint density at radius 3 is 1.92 bits per heavy atom. The monoisotopic (exact) mass is 535 g/mol. The van der Waals surface area contributed by atoms with Crippen LogP contribution in [0.15, 0.2) is 84.9 Å². The van der Waals surface area contributed by atoms with Crippen LogP contribution in [-0.2, 0) is 9.53 Å². The molecule has 0 atom stereocenters. The highest BCUT2D eigenvalue weighted by Gasteiger charge is 2.16. The minimum Gasteiger partial charge on any atom is -0.452 e. The number of ether oxygens (including phenoxy) is 1. The molecular weight excluding hydrogens is 510 g/mol. The lowest BCUT2D eigenvalue weighted by Crippen LogP contribution is -2.21. The van der Waals surface area contributed by atoms with E-state index in [1.165, 1.54) is 0 Å². The smallest absolute Gasteiger partial charge is 0.338 e. The summed E-state index contributed by atoms with van der Waals surface area (Å²) < 4.78 is 5.27. The molecule has 194 valence electrons. The van der Waals surface area contributed by atoms with Crippen molar-refractivity contribution < 1.29 is 14.3 Å². The molecule has 6 nitrogen and oxygen atoms in total. The van der Waals surface area contributed by atoms with Crippen LogP contribution in [0.25, 0.3) is 33.5 Å². The molecule has 39 heavy (non-hydrogen) atoms. The average Bonchev–Trinajstić information content (AvgIpc) is 2.93. The van der Waals surface area contributed by atoms with Gasteiger partial charge < -0.3 is 10.1 Å². The summed E-state index contributed by atoms with van der Waals surface area (Å²) >= 11 is 6.11. The summed E-state index contributed by atoms with van der Waals surface area (Å²) in [5.41, 5.74) is 8.55. The molecule has 5 rings (SSSR count). The summed E-state index contributed by atoms with van der Waals surface area (Å²) in [6.07, 6.45) is 0. The Balaban J connectivity index is 1.41. The molecule has 0 aliphatic heterocycles. The van der Waals surface area contributed by atoms with Crippen molar-refractivity contribution in [1.29, 1.82) is 0 Å². The van der Waals surface area contributed by atoms with Crippen molar-refractivity contribution in [2.24, 2.45) is 0 Å². The van der Waals surface area contributed by atoms with Crippen LogP contribution in [0.2, 0.25) is 5.02 Å². The second kappa shape index (κ2) is 11.1. The molecule has 1 N–H and O–H groups in total. The maximum Gasteiger partial charge on any atom is 0.338 e. The second-order valence-electron chi connectivity index (χ2n) is 9.44. The Morgan fingerprint density at radius 1 is 0.744 bits per heavy atom. The van der Waals surface area contributed by atoms with Crippen molar-refractivity contribution in [3.8, 4) is 22.5 Å². The number of halogens is 1. The molecule has 1 amide bonds. The minimum atomic E-state index is -0.629. The van der Waals surface area contributed by atoms with Gasteiger partial charge in [0.05, 0.1) is 28.0 Å². The third-order valence-corrected chi connectivity index (χ3v) is 6.75. The van der Waals surface area contributed by atoms with Gasteiger partial charge in [0, 0.05) is 21.8 Å². The number of esters is 1. The van der Waals surface area contributed by atoms with E-state index in [0.29, 0.717) is 27.4 Å². The largest absolute Gasteiger partial charge is 0.452 e. The second-order valence-corrected chi connectivity index (χ2v) is 9.85. The number of aryl methyl sites for hydroxylation is 3. The van der Waals surface area contributed by atoms with Gasteiger partial charge in [-0.1, -0.05) is 77.3 Å². The zero-order valence-corrected chi connectivity index (χ0v) is 22.5. The Bertz CT molecular complexity index is 1700. The quantitative estimate of drug-likeness (QED) is 0.230. The first kappa shape index (κ1) is 26.1. The summed E-state index contributed by atoms with van der Waals surface area (Å²) in [6, 6.07) is 26.4. The van der Waals surface area contributed by atoms with Crippen LogP contribution in [-0.4, -0.2) is 28.5 Å². The molecule has 0 bridgehead atoms. The minimum absolute atomic E-state index is 0.279. The molecule has 0 spiro atoms. The standard InChI is InChI=1S/C32H26ClN3O3/c1-19-4-9-22(10-5-19)30-31(23-11-6-20(2)7-12-23)36-28-16-24(13-15-27(28)35-30)32(38)39-18-29(37)34-25-14-8-21(3)26(33)17-25/h4-17H,18H2,1-3H3,(H,34,37). The normalized spacial score (nSPS) is 10.9. The number of carbonyl (C=O) groups is 2. The van der Waals surface area contributed by atoms with E-state index in [2.05, 4.69) is 5.32 Å². The van der Waals surface area contributed by atoms with Gasteiger partial charge >= 0.3 is 5.97 Å². The van der Waals surface area contributed by atoms with Crippen molar-refractivity contribution >= 4 is 40.2 Å². The van der Waals surface area contributed by atoms with E-state index >= 15 is 0 Å². The number of nitrogens with one attached hydrogen (secondary N) is 1. The molecule has 0 radical (unpaired) electrons. The number of nitrogens with zero attached hydrogens (tertiary/aromatic N) is 2. The summed E-state index contributed by atoms with van der Waals surface area (Å²) in [5, 5.41) is 3.22. The van der Waals surface area contributed by atoms with Crippen molar-refractivity contribution in [2.75, 3.05) is 11.9 Å². The van der Waals surface area contributed by atoms with E-state index in [1.807, 2.05) is 69.3 Å². The highest BCUT2D eigenvalue weighted by atomic mass is 35.5. The fourth-order valence-corrected chi connectivity index (χ4v) is 4.27. The van der Waals surface area contributed by atoms with Crippen LogP contribution in [0.1, 0.15) is 27.0 Å². The molecular formula is C32H26ClN3O3. The number of benzene rings is 4. The first-order valence-electron chi connectivity index (χ1n) is 12.5. The lowest BCUT2D eigenvalue weighted by Gasteiger charge is -2.12. The van der Waals surface area contributed by atoms with Crippen LogP contribution in [0.4, 0.5) is 5.69 Å². The van der Waals surface area contributed by atoms with Crippen molar-refractivity contribution in [2.45, 2.75) is 20.8 Å². The Kier molecular flexibility index (Phi) is 7.39. The van der Waals surface area contributed by atoms with E-state index in [1.54, 1.807) is 36.4 Å². The fraction of sp³-hybridized carbons (Fsp3) is 0.125. The molecule has 0 saturated heterocycles. The van der Waals surface area contributed by atoms with Gasteiger partial charge in [0.25, 0.3) is 5.91 Å². The molecule has 5 aromatic rings. The van der Waals surface area contributed by atoms with E-state index in [0.717, 1.165) is 33.5 Å². The van der Waals surface area contributed by atoms with Crippen LogP contribution < -0.4 is 5.32 Å². The molecule has 1 heterocycles. The maximum atomic E-state index is 12.8. The van der Waals surface area contributed by atoms with Gasteiger partial charge in [-0.15, -0.1) is 0 Å². The van der Waals surface area contributed by atoms with Crippen LogP contribution in [0, 0.1) is 20.8 Å². The molecule has 1 aromatic heterocycles. The van der Waals surface area contributed by atoms with Crippen LogP contribution >= 0.6 is 11.6 Å². The van der Waals surface area contributed by atoms with E-state index in [9.17, 15) is 9.59 Å². The predicted molar refractivity (Wildman–Crippen MR) is 155 cm³/mol. The number of anilines is 1. The Hall–Kier alpha value is -4.55. The summed E-state index contributed by atoms with van der Waals surface area (Å²) in [7, 11) is 0. The third-order valence-electron chi connectivity index (χ3n) is 6.34. The third kappa shape index (κ3) is 5.97. The number of aromatic nitrogens is 2. The molecule has 4 aromatic carbocycles. The van der Waals surface area contributed by atoms with Gasteiger partial charge in [0.2, 0.25) is 0 Å². The van der Waals surface area contributed by atoms with E-state index in [4.69, 9.17) is 26.3 Å². The zero-order chi connectivity index (χ0) is 27.5. The topological polar surface area (TPSA) is 81.2 Å². The van der Waals surface area contributed by atoms with Crippen molar-refractivity contribution in [1.82, 2.24) is 9.97 Å². The summed E-state index contributed by atoms with van der Waals surface area (Å²) in [6.45, 7) is 5.51. The summed E-state index contributed by atoms with van der Waals surface area (Å²) in [5.74, 6) is -1.09.